The first-order chi connectivity index (χ1) is 19.5. The summed E-state index contributed by atoms with van der Waals surface area (Å²) in [5, 5.41) is 19.6. The van der Waals surface area contributed by atoms with Gasteiger partial charge >= 0.3 is 5.97 Å². The number of amides is 1. The number of halogens is 1. The number of carbonyl (C=O) groups is 2. The standard InChI is InChI=1S/C25H25N7O3.ClH/c1-31-20-10-7-17(25(35)32(13-11-23(33)34)21-4-2-3-12-28-21)14-19(20)30-22(31)15-29-18-8-5-16(6-9-18)24(26)27;/h2-10,12,14,29H,11,13,15H2,1H3,(H3,26,27)(H,33,34);1H/i5D,6D,8D,9D;/hD. The number of aryl methyl sites for hydroxylation is 1. The summed E-state index contributed by atoms with van der Waals surface area (Å²) in [6.07, 6.45) is 1.26. The van der Waals surface area contributed by atoms with Crippen molar-refractivity contribution in [2.75, 3.05) is 16.8 Å². The Labute approximate surface area is 220 Å². The molecule has 186 valence electrons. The number of imidazole rings is 1. The van der Waals surface area contributed by atoms with E-state index in [4.69, 9.17) is 22.9 Å². The third kappa shape index (κ3) is 5.78. The van der Waals surface area contributed by atoms with Crippen LogP contribution in [0.1, 0.15) is 33.6 Å². The van der Waals surface area contributed by atoms with Crippen LogP contribution in [0.25, 0.3) is 11.0 Å². The molecule has 2 aromatic carbocycles. The van der Waals surface area contributed by atoms with Crippen molar-refractivity contribution in [1.82, 2.24) is 14.5 Å². The molecular formula is C25H26ClN7O3. The summed E-state index contributed by atoms with van der Waals surface area (Å²) >= 11 is 3.89. The van der Waals surface area contributed by atoms with Gasteiger partial charge in [0.2, 0.25) is 0 Å². The van der Waals surface area contributed by atoms with Crippen LogP contribution in [-0.4, -0.2) is 45.1 Å². The van der Waals surface area contributed by atoms with E-state index < -0.39 is 29.8 Å². The summed E-state index contributed by atoms with van der Waals surface area (Å²) in [7, 11) is 1.76. The van der Waals surface area contributed by atoms with Crippen LogP contribution in [0.4, 0.5) is 11.5 Å². The number of nitrogen functional groups attached to an aromatic ring is 1. The number of rotatable bonds is 9. The molecular weight excluding hydrogens is 482 g/mol. The molecule has 11 heteroatoms. The highest BCUT2D eigenvalue weighted by atomic mass is 35.5. The predicted octanol–water partition coefficient (Wildman–Crippen LogP) is 3.41. The van der Waals surface area contributed by atoms with Gasteiger partial charge < -0.3 is 20.7 Å². The van der Waals surface area contributed by atoms with Crippen molar-refractivity contribution in [3.63, 3.8) is 0 Å². The molecule has 0 aliphatic rings. The quantitative estimate of drug-likeness (QED) is 0.198. The van der Waals surface area contributed by atoms with Crippen molar-refractivity contribution in [3.05, 3.63) is 83.7 Å². The zero-order valence-corrected chi connectivity index (χ0v) is 19.9. The van der Waals surface area contributed by atoms with E-state index in [2.05, 4.69) is 27.6 Å². The zero-order valence-electron chi connectivity index (χ0n) is 24.2. The van der Waals surface area contributed by atoms with Gasteiger partial charge in [-0.2, -0.15) is 0 Å². The maximum Gasteiger partial charge on any atom is 0.305 e. The van der Waals surface area contributed by atoms with E-state index in [0.717, 1.165) is 0 Å². The molecule has 2 heterocycles. The second-order valence-electron chi connectivity index (χ2n) is 7.60. The lowest BCUT2D eigenvalue weighted by molar-refractivity contribution is -0.136. The lowest BCUT2D eigenvalue weighted by Gasteiger charge is -2.21. The molecule has 36 heavy (non-hydrogen) atoms. The number of aliphatic carboxylic acids is 1. The van der Waals surface area contributed by atoms with Crippen LogP contribution in [0.5, 0.6) is 0 Å². The van der Waals surface area contributed by atoms with Crippen LogP contribution in [-0.2, 0) is 18.4 Å². The first kappa shape index (κ1) is 19.8. The van der Waals surface area contributed by atoms with Gasteiger partial charge in [0, 0.05) is 36.6 Å². The number of nitrogens with one attached hydrogen (secondary N) is 2. The maximum absolute atomic E-state index is 13.4. The number of pyridine rings is 1. The monoisotopic (exact) mass is 512 g/mol. The number of amidine groups is 1. The third-order valence-electron chi connectivity index (χ3n) is 5.26. The van der Waals surface area contributed by atoms with Crippen LogP contribution in [0.2, 0.25) is 0 Å². The van der Waals surface area contributed by atoms with Gasteiger partial charge in [0.1, 0.15) is 18.7 Å². The van der Waals surface area contributed by atoms with Gasteiger partial charge in [-0.3, -0.25) is 19.9 Å². The van der Waals surface area contributed by atoms with Crippen LogP contribution >= 0.6 is 12.3 Å². The molecule has 4 aromatic rings. The molecule has 5 N–H and O–H groups in total. The number of carboxylic acids is 1. The number of benzene rings is 2. The fourth-order valence-corrected chi connectivity index (χ4v) is 3.44. The minimum absolute atomic E-state index is 0.0448. The Hall–Kier alpha value is -4.44. The van der Waals surface area contributed by atoms with E-state index in [1.54, 1.807) is 48.0 Å². The summed E-state index contributed by atoms with van der Waals surface area (Å²) in [5.74, 6) is -1.21. The second kappa shape index (κ2) is 11.3. The maximum atomic E-state index is 13.4. The lowest BCUT2D eigenvalue weighted by atomic mass is 10.1. The van der Waals surface area contributed by atoms with E-state index in [9.17, 15) is 9.59 Å². The van der Waals surface area contributed by atoms with Crippen LogP contribution in [0.3, 0.4) is 0 Å². The van der Waals surface area contributed by atoms with Gasteiger partial charge in [0.05, 0.1) is 29.5 Å². The average Bonchev–Trinajstić information content (AvgIpc) is 3.27. The molecule has 0 radical (unpaired) electrons. The smallest absolute Gasteiger partial charge is 0.305 e. The summed E-state index contributed by atoms with van der Waals surface area (Å²) in [6, 6.07) is 8.39. The number of hydrogen-bond acceptors (Lipinski definition) is 6. The van der Waals surface area contributed by atoms with Crippen LogP contribution < -0.4 is 16.0 Å². The largest absolute Gasteiger partial charge is 0.481 e. The first-order valence-corrected chi connectivity index (χ1v) is 10.6. The lowest BCUT2D eigenvalue weighted by Crippen LogP contribution is -2.33. The Bertz CT molecular complexity index is 1590. The number of hydrogen-bond donors (Lipinski definition) is 4. The van der Waals surface area contributed by atoms with Crippen molar-refractivity contribution in [2.45, 2.75) is 13.0 Å². The van der Waals surface area contributed by atoms with E-state index in [0.29, 0.717) is 22.7 Å². The minimum Gasteiger partial charge on any atom is -0.481 e. The Kier molecular flexibility index (Phi) is 6.24. The Balaban J connectivity index is 0.00000226. The number of nitrogens with two attached hydrogens (primary N) is 1. The van der Waals surface area contributed by atoms with E-state index >= 15 is 0 Å². The molecule has 0 saturated carbocycles. The molecule has 0 bridgehead atoms. The Morgan fingerprint density at radius 3 is 2.61 bits per heavy atom. The summed E-state index contributed by atoms with van der Waals surface area (Å²) < 4.78 is 39.6. The van der Waals surface area contributed by atoms with Crippen molar-refractivity contribution in [3.8, 4) is 0 Å². The molecule has 10 nitrogen and oxygen atoms in total. The van der Waals surface area contributed by atoms with Gasteiger partial charge in [0.15, 0.2) is 0 Å². The number of fused-ring (bicyclic) bond motifs is 1. The van der Waals surface area contributed by atoms with Crippen molar-refractivity contribution >= 4 is 52.6 Å². The summed E-state index contributed by atoms with van der Waals surface area (Å²) in [5.41, 5.74) is 6.59. The normalized spacial score (nSPS) is 12.2. The number of anilines is 2. The highest BCUT2D eigenvalue weighted by Gasteiger charge is 2.21. The van der Waals surface area contributed by atoms with Gasteiger partial charge in [-0.1, -0.05) is 6.07 Å². The third-order valence-corrected chi connectivity index (χ3v) is 5.26. The van der Waals surface area contributed by atoms with E-state index in [1.165, 1.54) is 11.1 Å². The fourth-order valence-electron chi connectivity index (χ4n) is 3.44. The van der Waals surface area contributed by atoms with Crippen molar-refractivity contribution in [1.29, 1.82) is 6.58 Å². The van der Waals surface area contributed by atoms with E-state index in [-0.39, 0.29) is 48.4 Å². The summed E-state index contributed by atoms with van der Waals surface area (Å²) in [6.45, 7) is -0.0207. The van der Waals surface area contributed by atoms with Crippen molar-refractivity contribution in [2.24, 2.45) is 12.8 Å². The molecule has 0 atom stereocenters. The number of aromatic nitrogens is 3. The van der Waals surface area contributed by atoms with Gasteiger partial charge in [-0.25, -0.2) is 9.97 Å². The van der Waals surface area contributed by atoms with E-state index in [1.807, 2.05) is 0 Å². The second-order valence-corrected chi connectivity index (χ2v) is 7.60. The molecule has 0 unspecified atom stereocenters. The Morgan fingerprint density at radius 1 is 1.22 bits per heavy atom. The highest BCUT2D eigenvalue weighted by molar-refractivity contribution is 6.07. The average molecular weight is 513 g/mol. The predicted molar refractivity (Wildman–Crippen MR) is 141 cm³/mol. The number of carboxylic acid groups (broad SMARTS) is 1. The number of carbonyl (C=O) groups excluding carboxylic acids is 1. The molecule has 1 amide bonds. The molecule has 0 saturated heterocycles. The molecule has 4 rings (SSSR count). The summed E-state index contributed by atoms with van der Waals surface area (Å²) in [4.78, 5) is 34.6. The first-order valence-electron chi connectivity index (χ1n) is 13.0. The topological polar surface area (TPSA) is 150 Å². The minimum atomic E-state index is -1.04. The van der Waals surface area contributed by atoms with Gasteiger partial charge in [0.25, 0.3) is 5.91 Å². The van der Waals surface area contributed by atoms with Crippen LogP contribution in [0.15, 0.2) is 66.8 Å². The molecule has 2 aromatic heterocycles. The van der Waals surface area contributed by atoms with Gasteiger partial charge in [-0.15, -0.1) is 12.3 Å². The molecule has 0 aliphatic heterocycles. The molecule has 0 aliphatic carbocycles. The van der Waals surface area contributed by atoms with Crippen LogP contribution in [0, 0.1) is 5.41 Å². The van der Waals surface area contributed by atoms with Gasteiger partial charge in [-0.05, 0) is 54.5 Å². The zero-order chi connectivity index (χ0) is 30.4. The SMILES string of the molecule is [2H]Cl.[2H]c1c([2H])c(C(=N)N)c([2H])c([2H])c1NCc1nc2cc(C(=O)N(CCC(=O)O)c3ccccn3)ccc2n1C. The molecule has 0 fully saturated rings. The Morgan fingerprint density at radius 2 is 1.97 bits per heavy atom. The fraction of sp³-hybridized carbons (Fsp3) is 0.160. The highest BCUT2D eigenvalue weighted by Crippen LogP contribution is 2.21. The molecule has 0 spiro atoms. The van der Waals surface area contributed by atoms with Crippen molar-refractivity contribution < 1.29 is 20.2 Å². The number of nitrogens with zero attached hydrogens (tertiary/aromatic N) is 4.